The summed E-state index contributed by atoms with van der Waals surface area (Å²) in [6.07, 6.45) is 0. The first kappa shape index (κ1) is 17.7. The molecule has 0 aliphatic rings. The number of benzene rings is 1. The first-order valence-corrected chi connectivity index (χ1v) is 7.06. The van der Waals surface area contributed by atoms with E-state index in [9.17, 15) is 19.5 Å². The molecule has 1 heterocycles. The topological polar surface area (TPSA) is 138 Å². The fourth-order valence-corrected chi connectivity index (χ4v) is 1.88. The number of aromatic hydroxyl groups is 1. The Bertz CT molecular complexity index is 804. The molecule has 0 radical (unpaired) electrons. The second-order valence-electron chi connectivity index (χ2n) is 4.83. The summed E-state index contributed by atoms with van der Waals surface area (Å²) < 4.78 is 4.60. The van der Waals surface area contributed by atoms with Crippen LogP contribution in [0.1, 0.15) is 20.8 Å². The van der Waals surface area contributed by atoms with Crippen molar-refractivity contribution in [3.05, 3.63) is 47.7 Å². The second-order valence-corrected chi connectivity index (χ2v) is 4.83. The van der Waals surface area contributed by atoms with Crippen LogP contribution in [0.5, 0.6) is 5.75 Å². The van der Waals surface area contributed by atoms with Crippen LogP contribution in [0.2, 0.25) is 0 Å². The number of ether oxygens (including phenoxy) is 1. The van der Waals surface area contributed by atoms with Crippen molar-refractivity contribution < 1.29 is 29.3 Å². The molecule has 9 heteroatoms. The van der Waals surface area contributed by atoms with Gasteiger partial charge < -0.3 is 25.6 Å². The number of carboxylic acids is 1. The van der Waals surface area contributed by atoms with E-state index in [1.165, 1.54) is 19.2 Å². The molecule has 1 amide bonds. The summed E-state index contributed by atoms with van der Waals surface area (Å²) in [6.45, 7) is -0.591. The highest BCUT2D eigenvalue weighted by molar-refractivity contribution is 5.96. The lowest BCUT2D eigenvalue weighted by atomic mass is 10.2. The number of carbonyl (C=O) groups is 3. The van der Waals surface area contributed by atoms with Gasteiger partial charge >= 0.3 is 11.9 Å². The van der Waals surface area contributed by atoms with Crippen molar-refractivity contribution in [1.82, 2.24) is 10.3 Å². The second kappa shape index (κ2) is 7.77. The number of aromatic nitrogens is 1. The van der Waals surface area contributed by atoms with Crippen LogP contribution < -0.4 is 10.6 Å². The number of nitrogens with one attached hydrogen (secondary N) is 2. The van der Waals surface area contributed by atoms with Crippen LogP contribution >= 0.6 is 0 Å². The minimum absolute atomic E-state index is 0.254. The van der Waals surface area contributed by atoms with Gasteiger partial charge in [0.1, 0.15) is 18.1 Å². The van der Waals surface area contributed by atoms with E-state index in [2.05, 4.69) is 20.4 Å². The van der Waals surface area contributed by atoms with Crippen molar-refractivity contribution in [2.45, 2.75) is 0 Å². The molecule has 0 atom stereocenters. The van der Waals surface area contributed by atoms with Gasteiger partial charge in [-0.25, -0.2) is 9.78 Å². The van der Waals surface area contributed by atoms with E-state index in [1.54, 1.807) is 24.3 Å². The zero-order valence-electron chi connectivity index (χ0n) is 13.1. The molecule has 130 valence electrons. The zero-order chi connectivity index (χ0) is 18.4. The predicted octanol–water partition coefficient (Wildman–Crippen LogP) is 1.13. The predicted molar refractivity (Wildman–Crippen MR) is 86.9 cm³/mol. The van der Waals surface area contributed by atoms with Crippen LogP contribution in [-0.4, -0.2) is 46.7 Å². The van der Waals surface area contributed by atoms with Crippen molar-refractivity contribution in [3.63, 3.8) is 0 Å². The maximum Gasteiger partial charge on any atom is 0.337 e. The van der Waals surface area contributed by atoms with Crippen molar-refractivity contribution in [2.24, 2.45) is 0 Å². The number of esters is 1. The molecule has 9 nitrogen and oxygen atoms in total. The van der Waals surface area contributed by atoms with Gasteiger partial charge in [0.2, 0.25) is 0 Å². The summed E-state index contributed by atoms with van der Waals surface area (Å²) in [6, 6.07) is 9.03. The minimum atomic E-state index is -1.21. The molecule has 1 aromatic heterocycles. The Hall–Kier alpha value is -3.62. The summed E-state index contributed by atoms with van der Waals surface area (Å²) in [5, 5.41) is 23.3. The molecule has 2 rings (SSSR count). The van der Waals surface area contributed by atoms with Crippen molar-refractivity contribution in [1.29, 1.82) is 0 Å². The number of pyridine rings is 1. The third-order valence-corrected chi connectivity index (χ3v) is 3.07. The van der Waals surface area contributed by atoms with Gasteiger partial charge in [0.25, 0.3) is 5.91 Å². The molecule has 0 saturated carbocycles. The summed E-state index contributed by atoms with van der Waals surface area (Å²) in [5.41, 5.74) is 0.653. The molecule has 4 N–H and O–H groups in total. The number of amides is 1. The number of hydrogen-bond acceptors (Lipinski definition) is 7. The fraction of sp³-hybridized carbons (Fsp3) is 0.125. The zero-order valence-corrected chi connectivity index (χ0v) is 13.1. The van der Waals surface area contributed by atoms with Crippen LogP contribution in [0.15, 0.2) is 36.4 Å². The van der Waals surface area contributed by atoms with E-state index in [0.29, 0.717) is 11.3 Å². The summed E-state index contributed by atoms with van der Waals surface area (Å²) in [4.78, 5) is 37.7. The number of carbonyl (C=O) groups excluding carboxylic acids is 2. The first-order chi connectivity index (χ1) is 11.9. The van der Waals surface area contributed by atoms with Gasteiger partial charge in [0, 0.05) is 5.69 Å². The summed E-state index contributed by atoms with van der Waals surface area (Å²) >= 11 is 0. The minimum Gasteiger partial charge on any atom is -0.505 e. The van der Waals surface area contributed by atoms with Gasteiger partial charge in [-0.2, -0.15) is 0 Å². The Labute approximate surface area is 142 Å². The van der Waals surface area contributed by atoms with E-state index in [0.717, 1.165) is 0 Å². The Morgan fingerprint density at radius 2 is 1.80 bits per heavy atom. The van der Waals surface area contributed by atoms with Crippen molar-refractivity contribution >= 4 is 29.4 Å². The van der Waals surface area contributed by atoms with E-state index < -0.39 is 24.4 Å². The van der Waals surface area contributed by atoms with Gasteiger partial charge in [-0.05, 0) is 36.4 Å². The standard InChI is InChI=1S/C16H15N3O6/c1-25-16(24)9-2-4-10(5-3-9)18-12-7-6-11(20)14(19-12)15(23)17-8-13(21)22/h2-7,20H,8H2,1H3,(H,17,23)(H,18,19)(H,21,22). The van der Waals surface area contributed by atoms with Crippen molar-refractivity contribution in [3.8, 4) is 5.75 Å². The average molecular weight is 345 g/mol. The van der Waals surface area contributed by atoms with Gasteiger partial charge in [0.05, 0.1) is 12.7 Å². The number of carboxylic acid groups (broad SMARTS) is 1. The molecule has 0 unspecified atom stereocenters. The maximum absolute atomic E-state index is 11.9. The highest BCUT2D eigenvalue weighted by Gasteiger charge is 2.15. The van der Waals surface area contributed by atoms with Gasteiger partial charge in [-0.15, -0.1) is 0 Å². The number of methoxy groups -OCH3 is 1. The summed E-state index contributed by atoms with van der Waals surface area (Å²) in [5.74, 6) is -2.62. The maximum atomic E-state index is 11.9. The Morgan fingerprint density at radius 1 is 1.12 bits per heavy atom. The molecule has 0 aliphatic heterocycles. The van der Waals surface area contributed by atoms with E-state index in [-0.39, 0.29) is 17.3 Å². The van der Waals surface area contributed by atoms with Crippen LogP contribution in [-0.2, 0) is 9.53 Å². The largest absolute Gasteiger partial charge is 0.505 e. The molecule has 0 bridgehead atoms. The monoisotopic (exact) mass is 345 g/mol. The summed E-state index contributed by atoms with van der Waals surface area (Å²) in [7, 11) is 1.28. The number of hydrogen-bond donors (Lipinski definition) is 4. The van der Waals surface area contributed by atoms with E-state index in [4.69, 9.17) is 5.11 Å². The highest BCUT2D eigenvalue weighted by Crippen LogP contribution is 2.21. The Morgan fingerprint density at radius 3 is 2.40 bits per heavy atom. The Balaban J connectivity index is 2.15. The lowest BCUT2D eigenvalue weighted by Gasteiger charge is -2.09. The Kier molecular flexibility index (Phi) is 5.51. The first-order valence-electron chi connectivity index (χ1n) is 7.06. The molecular weight excluding hydrogens is 330 g/mol. The quantitative estimate of drug-likeness (QED) is 0.572. The highest BCUT2D eigenvalue weighted by atomic mass is 16.5. The fourth-order valence-electron chi connectivity index (χ4n) is 1.88. The van der Waals surface area contributed by atoms with Crippen molar-refractivity contribution in [2.75, 3.05) is 19.0 Å². The van der Waals surface area contributed by atoms with E-state index >= 15 is 0 Å². The molecule has 0 saturated heterocycles. The molecule has 0 aliphatic carbocycles. The molecular formula is C16H15N3O6. The smallest absolute Gasteiger partial charge is 0.337 e. The lowest BCUT2D eigenvalue weighted by molar-refractivity contribution is -0.135. The lowest BCUT2D eigenvalue weighted by Crippen LogP contribution is -2.30. The number of rotatable bonds is 6. The van der Waals surface area contributed by atoms with E-state index in [1.807, 2.05) is 0 Å². The number of nitrogens with zero attached hydrogens (tertiary/aromatic N) is 1. The number of aliphatic carboxylic acids is 1. The molecule has 0 spiro atoms. The average Bonchev–Trinajstić information content (AvgIpc) is 2.61. The molecule has 1 aromatic carbocycles. The van der Waals surface area contributed by atoms with Crippen LogP contribution in [0.3, 0.4) is 0 Å². The van der Waals surface area contributed by atoms with Crippen LogP contribution in [0.25, 0.3) is 0 Å². The van der Waals surface area contributed by atoms with Gasteiger partial charge in [0.15, 0.2) is 5.69 Å². The van der Waals surface area contributed by atoms with Crippen LogP contribution in [0.4, 0.5) is 11.5 Å². The van der Waals surface area contributed by atoms with Gasteiger partial charge in [-0.3, -0.25) is 9.59 Å². The third kappa shape index (κ3) is 4.67. The SMILES string of the molecule is COC(=O)c1ccc(Nc2ccc(O)c(C(=O)NCC(=O)O)n2)cc1. The van der Waals surface area contributed by atoms with Gasteiger partial charge in [-0.1, -0.05) is 0 Å². The molecule has 2 aromatic rings. The normalized spacial score (nSPS) is 9.96. The molecule has 0 fully saturated rings. The third-order valence-electron chi connectivity index (χ3n) is 3.07. The molecule has 25 heavy (non-hydrogen) atoms. The number of anilines is 2. The van der Waals surface area contributed by atoms with Crippen LogP contribution in [0, 0.1) is 0 Å².